The number of aryl methyl sites for hydroxylation is 1. The summed E-state index contributed by atoms with van der Waals surface area (Å²) < 4.78 is 0. The number of benzene rings is 2. The Morgan fingerprint density at radius 1 is 1.00 bits per heavy atom. The Morgan fingerprint density at radius 3 is 2.26 bits per heavy atom. The molecule has 0 spiro atoms. The SMILES string of the molecule is CCC(C)C(=Nc1ccccc1C)c1ccccc1. The molecule has 1 atom stereocenters. The van der Waals surface area contributed by atoms with Crippen molar-refractivity contribution in [1.29, 1.82) is 0 Å². The van der Waals surface area contributed by atoms with Crippen molar-refractivity contribution in [2.45, 2.75) is 27.2 Å². The van der Waals surface area contributed by atoms with Crippen LogP contribution in [0.4, 0.5) is 5.69 Å². The zero-order chi connectivity index (χ0) is 13.7. The van der Waals surface area contributed by atoms with E-state index in [9.17, 15) is 0 Å². The van der Waals surface area contributed by atoms with Gasteiger partial charge in [0.25, 0.3) is 0 Å². The maximum Gasteiger partial charge on any atom is 0.0662 e. The average Bonchev–Trinajstić information content (AvgIpc) is 2.46. The molecule has 2 aromatic rings. The van der Waals surface area contributed by atoms with Gasteiger partial charge in [-0.1, -0.05) is 62.4 Å². The number of nitrogens with zero attached hydrogens (tertiary/aromatic N) is 1. The van der Waals surface area contributed by atoms with Gasteiger partial charge in [-0.3, -0.25) is 4.99 Å². The molecule has 19 heavy (non-hydrogen) atoms. The maximum absolute atomic E-state index is 4.92. The van der Waals surface area contributed by atoms with Gasteiger partial charge >= 0.3 is 0 Å². The van der Waals surface area contributed by atoms with Crippen LogP contribution in [0.1, 0.15) is 31.4 Å². The van der Waals surface area contributed by atoms with E-state index >= 15 is 0 Å². The Bertz CT molecular complexity index is 555. The summed E-state index contributed by atoms with van der Waals surface area (Å²) in [6, 6.07) is 18.8. The van der Waals surface area contributed by atoms with Crippen LogP contribution in [0.2, 0.25) is 0 Å². The molecule has 0 aliphatic carbocycles. The van der Waals surface area contributed by atoms with E-state index in [4.69, 9.17) is 4.99 Å². The predicted molar refractivity (Wildman–Crippen MR) is 83.3 cm³/mol. The van der Waals surface area contributed by atoms with Crippen molar-refractivity contribution in [3.05, 3.63) is 65.7 Å². The quantitative estimate of drug-likeness (QED) is 0.665. The second-order valence-electron chi connectivity index (χ2n) is 4.96. The van der Waals surface area contributed by atoms with Crippen molar-refractivity contribution >= 4 is 11.4 Å². The summed E-state index contributed by atoms with van der Waals surface area (Å²) in [4.78, 5) is 4.92. The molecule has 0 aromatic heterocycles. The normalized spacial score (nSPS) is 13.3. The van der Waals surface area contributed by atoms with Gasteiger partial charge in [0.1, 0.15) is 0 Å². The first-order valence-corrected chi connectivity index (χ1v) is 6.92. The van der Waals surface area contributed by atoms with Gasteiger partial charge in [0, 0.05) is 0 Å². The molecule has 1 unspecified atom stereocenters. The summed E-state index contributed by atoms with van der Waals surface area (Å²) in [7, 11) is 0. The smallest absolute Gasteiger partial charge is 0.0662 e. The zero-order valence-electron chi connectivity index (χ0n) is 11.9. The zero-order valence-corrected chi connectivity index (χ0v) is 11.9. The maximum atomic E-state index is 4.92. The molecule has 1 nitrogen and oxygen atoms in total. The van der Waals surface area contributed by atoms with Crippen LogP contribution in [0.3, 0.4) is 0 Å². The summed E-state index contributed by atoms with van der Waals surface area (Å²) in [6.07, 6.45) is 1.10. The van der Waals surface area contributed by atoms with E-state index in [1.165, 1.54) is 16.8 Å². The third kappa shape index (κ3) is 3.31. The second kappa shape index (κ2) is 6.33. The molecule has 0 radical (unpaired) electrons. The number of para-hydroxylation sites is 1. The summed E-state index contributed by atoms with van der Waals surface area (Å²) >= 11 is 0. The predicted octanol–water partition coefficient (Wildman–Crippen LogP) is 5.16. The third-order valence-corrected chi connectivity index (χ3v) is 3.51. The molecule has 0 N–H and O–H groups in total. The highest BCUT2D eigenvalue weighted by Crippen LogP contribution is 2.22. The molecular weight excluding hydrogens is 230 g/mol. The minimum Gasteiger partial charge on any atom is -0.252 e. The van der Waals surface area contributed by atoms with Crippen molar-refractivity contribution in [3.8, 4) is 0 Å². The Hall–Kier alpha value is -1.89. The molecule has 0 aliphatic rings. The Labute approximate surface area is 116 Å². The van der Waals surface area contributed by atoms with Gasteiger partial charge in [-0.2, -0.15) is 0 Å². The summed E-state index contributed by atoms with van der Waals surface area (Å²) in [5.41, 5.74) is 4.69. The van der Waals surface area contributed by atoms with Gasteiger partial charge in [-0.15, -0.1) is 0 Å². The molecule has 2 aromatic carbocycles. The fourth-order valence-corrected chi connectivity index (χ4v) is 2.08. The van der Waals surface area contributed by atoms with Crippen LogP contribution in [-0.2, 0) is 0 Å². The summed E-state index contributed by atoms with van der Waals surface area (Å²) in [6.45, 7) is 6.56. The number of rotatable bonds is 4. The van der Waals surface area contributed by atoms with Crippen molar-refractivity contribution in [2.24, 2.45) is 10.9 Å². The van der Waals surface area contributed by atoms with E-state index in [1.54, 1.807) is 0 Å². The van der Waals surface area contributed by atoms with E-state index in [1.807, 2.05) is 12.1 Å². The lowest BCUT2D eigenvalue weighted by molar-refractivity contribution is 0.740. The summed E-state index contributed by atoms with van der Waals surface area (Å²) in [5, 5.41) is 0. The van der Waals surface area contributed by atoms with E-state index in [0.717, 1.165) is 12.1 Å². The largest absolute Gasteiger partial charge is 0.252 e. The number of hydrogen-bond acceptors (Lipinski definition) is 1. The molecule has 0 saturated carbocycles. The van der Waals surface area contributed by atoms with E-state index < -0.39 is 0 Å². The van der Waals surface area contributed by atoms with Crippen LogP contribution in [0, 0.1) is 12.8 Å². The van der Waals surface area contributed by atoms with E-state index in [-0.39, 0.29) is 0 Å². The van der Waals surface area contributed by atoms with Crippen LogP contribution in [-0.4, -0.2) is 5.71 Å². The highest BCUT2D eigenvalue weighted by atomic mass is 14.8. The van der Waals surface area contributed by atoms with Gasteiger partial charge < -0.3 is 0 Å². The van der Waals surface area contributed by atoms with Gasteiger partial charge in [0.2, 0.25) is 0 Å². The van der Waals surface area contributed by atoms with Gasteiger partial charge in [0.15, 0.2) is 0 Å². The second-order valence-corrected chi connectivity index (χ2v) is 4.96. The molecule has 0 heterocycles. The number of hydrogen-bond donors (Lipinski definition) is 0. The Morgan fingerprint density at radius 2 is 1.63 bits per heavy atom. The van der Waals surface area contributed by atoms with E-state index in [2.05, 4.69) is 63.2 Å². The molecule has 1 heteroatoms. The van der Waals surface area contributed by atoms with E-state index in [0.29, 0.717) is 5.92 Å². The van der Waals surface area contributed by atoms with Crippen molar-refractivity contribution in [3.63, 3.8) is 0 Å². The molecule has 0 amide bonds. The average molecular weight is 251 g/mol. The molecule has 0 aliphatic heterocycles. The standard InChI is InChI=1S/C18H21N/c1-4-14(2)18(16-11-6-5-7-12-16)19-17-13-9-8-10-15(17)3/h5-14H,4H2,1-3H3. The molecule has 2 rings (SSSR count). The molecule has 98 valence electrons. The Balaban J connectivity index is 2.47. The van der Waals surface area contributed by atoms with Crippen LogP contribution in [0.25, 0.3) is 0 Å². The van der Waals surface area contributed by atoms with Crippen LogP contribution in [0.5, 0.6) is 0 Å². The summed E-state index contributed by atoms with van der Waals surface area (Å²) in [5.74, 6) is 0.460. The lowest BCUT2D eigenvalue weighted by Crippen LogP contribution is -2.11. The molecule has 0 fully saturated rings. The lowest BCUT2D eigenvalue weighted by Gasteiger charge is -2.14. The van der Waals surface area contributed by atoms with Gasteiger partial charge in [-0.25, -0.2) is 0 Å². The first kappa shape index (κ1) is 13.5. The Kier molecular flexibility index (Phi) is 4.51. The van der Waals surface area contributed by atoms with Crippen molar-refractivity contribution in [2.75, 3.05) is 0 Å². The number of aliphatic imine (C=N–C) groups is 1. The minimum absolute atomic E-state index is 0.460. The van der Waals surface area contributed by atoms with Crippen LogP contribution < -0.4 is 0 Å². The van der Waals surface area contributed by atoms with Crippen molar-refractivity contribution in [1.82, 2.24) is 0 Å². The third-order valence-electron chi connectivity index (χ3n) is 3.51. The topological polar surface area (TPSA) is 12.4 Å². The van der Waals surface area contributed by atoms with Gasteiger partial charge in [0.05, 0.1) is 11.4 Å². The first-order valence-electron chi connectivity index (χ1n) is 6.92. The minimum atomic E-state index is 0.460. The monoisotopic (exact) mass is 251 g/mol. The van der Waals surface area contributed by atoms with Crippen molar-refractivity contribution < 1.29 is 0 Å². The fraction of sp³-hybridized carbons (Fsp3) is 0.278. The van der Waals surface area contributed by atoms with Crippen LogP contribution >= 0.6 is 0 Å². The lowest BCUT2D eigenvalue weighted by atomic mass is 9.96. The molecule has 0 saturated heterocycles. The highest BCUT2D eigenvalue weighted by molar-refractivity contribution is 6.03. The fourth-order valence-electron chi connectivity index (χ4n) is 2.08. The first-order chi connectivity index (χ1) is 9.22. The molecular formula is C18H21N. The molecule has 0 bridgehead atoms. The van der Waals surface area contributed by atoms with Gasteiger partial charge in [-0.05, 0) is 36.5 Å². The van der Waals surface area contributed by atoms with Crippen LogP contribution in [0.15, 0.2) is 59.6 Å². The highest BCUT2D eigenvalue weighted by Gasteiger charge is 2.11.